The summed E-state index contributed by atoms with van der Waals surface area (Å²) in [5.74, 6) is -1.12. The first kappa shape index (κ1) is 52.8. The number of aliphatic hydroxyl groups excluding tert-OH is 5. The molecule has 57 heavy (non-hydrogen) atoms. The number of phosphoric ester groups is 1. The minimum atomic E-state index is -5.11. The molecule has 0 amide bonds. The van der Waals surface area contributed by atoms with Crippen LogP contribution in [0.1, 0.15) is 155 Å². The number of rotatable bonds is 34. The molecule has 0 saturated heterocycles. The maximum Gasteiger partial charge on any atom is 0.472 e. The number of ether oxygens (including phenoxy) is 2. The molecule has 0 heterocycles. The van der Waals surface area contributed by atoms with Gasteiger partial charge in [-0.15, -0.1) is 0 Å². The Kier molecular flexibility index (Phi) is 31.2. The minimum Gasteiger partial charge on any atom is -0.462 e. The highest BCUT2D eigenvalue weighted by atomic mass is 31.2. The van der Waals surface area contributed by atoms with E-state index in [0.29, 0.717) is 12.8 Å². The lowest BCUT2D eigenvalue weighted by molar-refractivity contribution is -0.220. The van der Waals surface area contributed by atoms with Crippen LogP contribution in [0.3, 0.4) is 0 Å². The molecule has 0 aromatic heterocycles. The van der Waals surface area contributed by atoms with Crippen LogP contribution in [0.2, 0.25) is 0 Å². The molecule has 1 rings (SSSR count). The van der Waals surface area contributed by atoms with Crippen LogP contribution in [-0.2, 0) is 32.7 Å². The molecular formula is C43H75O13P. The van der Waals surface area contributed by atoms with Crippen molar-refractivity contribution in [1.82, 2.24) is 0 Å². The van der Waals surface area contributed by atoms with Crippen molar-refractivity contribution in [2.45, 2.75) is 198 Å². The molecule has 0 aromatic rings. The zero-order valence-corrected chi connectivity index (χ0v) is 35.5. The van der Waals surface area contributed by atoms with Gasteiger partial charge in [-0.25, -0.2) is 4.57 Å². The summed E-state index contributed by atoms with van der Waals surface area (Å²) in [6.45, 7) is 3.05. The molecule has 330 valence electrons. The highest BCUT2D eigenvalue weighted by molar-refractivity contribution is 7.47. The van der Waals surface area contributed by atoms with Crippen LogP contribution in [0.5, 0.6) is 0 Å². The highest BCUT2D eigenvalue weighted by Crippen LogP contribution is 2.47. The standard InChI is InChI=1S/C43H75O13P/c1-3-5-7-9-10-11-12-13-14-15-16-17-18-19-20-21-22-23-24-25-26-28-30-32-37(45)55-35(33-53-36(44)31-29-27-8-6-4-2)34-54-57(51,52)56-43-41(49)39(47)38(46)40(48)42(43)50/h5,7,10-11,13-14,16-17,35,38-43,46-50H,3-4,6,8-9,12,15,18-34H2,1-2H3,(H,51,52)/b7-5-,11-10-,14-13-,17-16-. The third-order valence-corrected chi connectivity index (χ3v) is 10.7. The molecule has 13 nitrogen and oxygen atoms in total. The Morgan fingerprint density at radius 1 is 0.561 bits per heavy atom. The molecule has 6 N–H and O–H groups in total. The maximum atomic E-state index is 12.7. The van der Waals surface area contributed by atoms with E-state index in [-0.39, 0.29) is 12.8 Å². The number of phosphoric acid groups is 1. The molecule has 6 unspecified atom stereocenters. The minimum absolute atomic E-state index is 0.0903. The first-order chi connectivity index (χ1) is 27.4. The summed E-state index contributed by atoms with van der Waals surface area (Å²) in [6.07, 6.45) is 25.3. The average molecular weight is 831 g/mol. The molecule has 6 atom stereocenters. The van der Waals surface area contributed by atoms with E-state index in [0.717, 1.165) is 83.5 Å². The Balaban J connectivity index is 2.34. The monoisotopic (exact) mass is 830 g/mol. The predicted octanol–water partition coefficient (Wildman–Crippen LogP) is 7.61. The van der Waals surface area contributed by atoms with Crippen molar-refractivity contribution in [3.63, 3.8) is 0 Å². The lowest BCUT2D eigenvalue weighted by Gasteiger charge is -2.41. The van der Waals surface area contributed by atoms with Crippen molar-refractivity contribution in [2.24, 2.45) is 0 Å². The van der Waals surface area contributed by atoms with Crippen LogP contribution in [0.25, 0.3) is 0 Å². The molecule has 0 bridgehead atoms. The van der Waals surface area contributed by atoms with Crippen molar-refractivity contribution in [2.75, 3.05) is 13.2 Å². The van der Waals surface area contributed by atoms with Gasteiger partial charge in [0.2, 0.25) is 0 Å². The Labute approximate surface area is 341 Å². The van der Waals surface area contributed by atoms with Crippen molar-refractivity contribution < 1.29 is 63.1 Å². The number of hydrogen-bond acceptors (Lipinski definition) is 12. The Bertz CT molecular complexity index is 1190. The molecule has 0 aliphatic heterocycles. The number of hydrogen-bond donors (Lipinski definition) is 6. The fraction of sp³-hybridized carbons (Fsp3) is 0.767. The Morgan fingerprint density at radius 2 is 1.00 bits per heavy atom. The SMILES string of the molecule is CC/C=C\C/C=C\C/C=C\C/C=C\CCCCCCCCCCCCC(=O)OC(COC(=O)CCCCCCC)COP(=O)(O)OC1C(O)C(O)C(O)C(O)C1O. The van der Waals surface area contributed by atoms with Gasteiger partial charge in [0.1, 0.15) is 43.2 Å². The molecular weight excluding hydrogens is 755 g/mol. The third-order valence-electron chi connectivity index (χ3n) is 9.68. The summed E-state index contributed by atoms with van der Waals surface area (Å²) in [6, 6.07) is 0. The van der Waals surface area contributed by atoms with Gasteiger partial charge in [0, 0.05) is 12.8 Å². The zero-order valence-electron chi connectivity index (χ0n) is 34.6. The van der Waals surface area contributed by atoms with E-state index in [1.54, 1.807) is 0 Å². The highest BCUT2D eigenvalue weighted by Gasteiger charge is 2.51. The van der Waals surface area contributed by atoms with E-state index in [9.17, 15) is 44.6 Å². The number of carbonyl (C=O) groups is 2. The van der Waals surface area contributed by atoms with Crippen LogP contribution in [0.4, 0.5) is 0 Å². The summed E-state index contributed by atoms with van der Waals surface area (Å²) in [7, 11) is -5.11. The van der Waals surface area contributed by atoms with Crippen LogP contribution < -0.4 is 0 Å². The van der Waals surface area contributed by atoms with E-state index < -0.39 is 75.7 Å². The lowest BCUT2D eigenvalue weighted by Crippen LogP contribution is -2.64. The molecule has 1 aliphatic rings. The number of allylic oxidation sites excluding steroid dienone is 8. The summed E-state index contributed by atoms with van der Waals surface area (Å²) in [4.78, 5) is 35.3. The van der Waals surface area contributed by atoms with E-state index >= 15 is 0 Å². The smallest absolute Gasteiger partial charge is 0.462 e. The van der Waals surface area contributed by atoms with Crippen LogP contribution in [-0.4, -0.2) is 98.3 Å². The normalized spacial score (nSPS) is 23.2. The van der Waals surface area contributed by atoms with E-state index in [1.165, 1.54) is 32.1 Å². The molecule has 1 saturated carbocycles. The predicted molar refractivity (Wildman–Crippen MR) is 221 cm³/mol. The molecule has 14 heteroatoms. The number of esters is 2. The molecule has 0 spiro atoms. The van der Waals surface area contributed by atoms with Gasteiger partial charge >= 0.3 is 19.8 Å². The average Bonchev–Trinajstić information content (AvgIpc) is 3.19. The van der Waals surface area contributed by atoms with Gasteiger partial charge in [0.15, 0.2) is 6.10 Å². The third kappa shape index (κ3) is 26.5. The van der Waals surface area contributed by atoms with Gasteiger partial charge in [0.05, 0.1) is 6.61 Å². The van der Waals surface area contributed by atoms with Crippen LogP contribution in [0, 0.1) is 0 Å². The summed E-state index contributed by atoms with van der Waals surface area (Å²) >= 11 is 0. The number of aliphatic hydroxyl groups is 5. The second-order valence-electron chi connectivity index (χ2n) is 14.8. The second kappa shape index (κ2) is 33.6. The fourth-order valence-electron chi connectivity index (χ4n) is 6.22. The first-order valence-electron chi connectivity index (χ1n) is 21.4. The molecule has 1 fully saturated rings. The maximum absolute atomic E-state index is 12.7. The molecule has 0 aromatic carbocycles. The van der Waals surface area contributed by atoms with Crippen LogP contribution in [0.15, 0.2) is 48.6 Å². The fourth-order valence-corrected chi connectivity index (χ4v) is 7.19. The van der Waals surface area contributed by atoms with Crippen LogP contribution >= 0.6 is 7.82 Å². The van der Waals surface area contributed by atoms with Crippen molar-refractivity contribution in [3.05, 3.63) is 48.6 Å². The second-order valence-corrected chi connectivity index (χ2v) is 16.2. The number of carbonyl (C=O) groups excluding carboxylic acids is 2. The molecule has 1 aliphatic carbocycles. The summed E-state index contributed by atoms with van der Waals surface area (Å²) in [5.41, 5.74) is 0. The van der Waals surface area contributed by atoms with E-state index in [2.05, 4.69) is 62.5 Å². The topological polar surface area (TPSA) is 210 Å². The quantitative estimate of drug-likeness (QED) is 0.0160. The van der Waals surface area contributed by atoms with Crippen molar-refractivity contribution in [3.8, 4) is 0 Å². The van der Waals surface area contributed by atoms with E-state index in [1.807, 2.05) is 0 Å². The largest absolute Gasteiger partial charge is 0.472 e. The Hall–Kier alpha value is -2.19. The summed E-state index contributed by atoms with van der Waals surface area (Å²) in [5, 5.41) is 49.9. The van der Waals surface area contributed by atoms with Gasteiger partial charge in [-0.1, -0.05) is 140 Å². The Morgan fingerprint density at radius 3 is 1.53 bits per heavy atom. The van der Waals surface area contributed by atoms with Gasteiger partial charge in [-0.2, -0.15) is 0 Å². The van der Waals surface area contributed by atoms with Gasteiger partial charge in [-0.3, -0.25) is 18.6 Å². The molecule has 0 radical (unpaired) electrons. The number of unbranched alkanes of at least 4 members (excludes halogenated alkanes) is 14. The van der Waals surface area contributed by atoms with Crippen molar-refractivity contribution in [1.29, 1.82) is 0 Å². The first-order valence-corrected chi connectivity index (χ1v) is 22.9. The van der Waals surface area contributed by atoms with Crippen molar-refractivity contribution >= 4 is 19.8 Å². The van der Waals surface area contributed by atoms with Gasteiger partial charge < -0.3 is 39.9 Å². The lowest BCUT2D eigenvalue weighted by atomic mass is 9.85. The zero-order chi connectivity index (χ0) is 42.2. The van der Waals surface area contributed by atoms with Gasteiger partial charge in [0.25, 0.3) is 0 Å². The van der Waals surface area contributed by atoms with Gasteiger partial charge in [-0.05, 0) is 51.4 Å². The van der Waals surface area contributed by atoms with E-state index in [4.69, 9.17) is 18.5 Å². The summed E-state index contributed by atoms with van der Waals surface area (Å²) < 4.78 is 33.2.